The number of carbonyl (C=O) groups excluding carboxylic acids is 2. The molecule has 1 fully saturated rings. The summed E-state index contributed by atoms with van der Waals surface area (Å²) in [6, 6.07) is 0. The Morgan fingerprint density at radius 3 is 1.36 bits per heavy atom. The summed E-state index contributed by atoms with van der Waals surface area (Å²) in [5.41, 5.74) is 0.616. The van der Waals surface area contributed by atoms with Gasteiger partial charge in [0.05, 0.1) is 0 Å². The molecule has 0 aromatic rings. The molecule has 4 nitrogen and oxygen atoms in total. The standard InChI is InChI=1S/C18H28O4/c1-14(2)16(19)21-18(22-17(20)15(3)4)12-10-8-6-5-7-9-11-13-18/h1,3,5-13H2,2,4H3. The lowest BCUT2D eigenvalue weighted by Crippen LogP contribution is -2.41. The second kappa shape index (κ2) is 8.76. The first kappa shape index (κ1) is 18.5. The molecule has 0 amide bonds. The van der Waals surface area contributed by atoms with Crippen molar-refractivity contribution in [2.45, 2.75) is 77.4 Å². The van der Waals surface area contributed by atoms with Crippen LogP contribution >= 0.6 is 0 Å². The zero-order valence-corrected chi connectivity index (χ0v) is 13.9. The van der Waals surface area contributed by atoms with Crippen LogP contribution in [0.3, 0.4) is 0 Å². The van der Waals surface area contributed by atoms with Gasteiger partial charge in [0.25, 0.3) is 5.79 Å². The van der Waals surface area contributed by atoms with Crippen LogP contribution in [0.2, 0.25) is 0 Å². The monoisotopic (exact) mass is 308 g/mol. The molecule has 0 atom stereocenters. The van der Waals surface area contributed by atoms with Crippen molar-refractivity contribution in [3.63, 3.8) is 0 Å². The van der Waals surface area contributed by atoms with E-state index in [9.17, 15) is 9.59 Å². The summed E-state index contributed by atoms with van der Waals surface area (Å²) in [6.45, 7) is 10.4. The van der Waals surface area contributed by atoms with Gasteiger partial charge >= 0.3 is 11.9 Å². The van der Waals surface area contributed by atoms with Gasteiger partial charge in [0.1, 0.15) is 0 Å². The maximum Gasteiger partial charge on any atom is 0.336 e. The van der Waals surface area contributed by atoms with Crippen LogP contribution < -0.4 is 0 Å². The average molecular weight is 308 g/mol. The Morgan fingerprint density at radius 1 is 0.727 bits per heavy atom. The lowest BCUT2D eigenvalue weighted by Gasteiger charge is -2.33. The number of rotatable bonds is 4. The molecule has 1 saturated carbocycles. The van der Waals surface area contributed by atoms with Crippen LogP contribution in [-0.2, 0) is 19.1 Å². The van der Waals surface area contributed by atoms with E-state index in [0.717, 1.165) is 25.7 Å². The van der Waals surface area contributed by atoms with Gasteiger partial charge in [0.15, 0.2) is 0 Å². The fourth-order valence-electron chi connectivity index (χ4n) is 2.53. The molecule has 0 unspecified atom stereocenters. The smallest absolute Gasteiger partial charge is 0.336 e. The van der Waals surface area contributed by atoms with Crippen molar-refractivity contribution in [3.05, 3.63) is 24.3 Å². The molecule has 0 heterocycles. The molecule has 4 heteroatoms. The van der Waals surface area contributed by atoms with E-state index in [1.165, 1.54) is 19.3 Å². The number of carbonyl (C=O) groups is 2. The highest BCUT2D eigenvalue weighted by atomic mass is 16.7. The summed E-state index contributed by atoms with van der Waals surface area (Å²) in [5, 5.41) is 0. The Bertz CT molecular complexity index is 396. The van der Waals surface area contributed by atoms with Gasteiger partial charge in [-0.1, -0.05) is 45.3 Å². The minimum Gasteiger partial charge on any atom is -0.419 e. The molecule has 0 radical (unpaired) electrons. The van der Waals surface area contributed by atoms with E-state index in [1.807, 2.05) is 0 Å². The van der Waals surface area contributed by atoms with E-state index in [1.54, 1.807) is 13.8 Å². The normalized spacial score (nSPS) is 18.8. The van der Waals surface area contributed by atoms with E-state index >= 15 is 0 Å². The van der Waals surface area contributed by atoms with Crippen LogP contribution in [0.5, 0.6) is 0 Å². The van der Waals surface area contributed by atoms with E-state index in [2.05, 4.69) is 13.2 Å². The zero-order chi connectivity index (χ0) is 16.6. The second-order valence-electron chi connectivity index (χ2n) is 6.23. The molecule has 1 aliphatic rings. The third-order valence-electron chi connectivity index (χ3n) is 3.87. The van der Waals surface area contributed by atoms with E-state index < -0.39 is 17.7 Å². The fraction of sp³-hybridized carbons (Fsp3) is 0.667. The van der Waals surface area contributed by atoms with Crippen LogP contribution in [0.1, 0.15) is 71.6 Å². The van der Waals surface area contributed by atoms with Gasteiger partial charge in [-0.2, -0.15) is 0 Å². The second-order valence-corrected chi connectivity index (χ2v) is 6.23. The maximum atomic E-state index is 12.0. The quantitative estimate of drug-likeness (QED) is 0.437. The van der Waals surface area contributed by atoms with Gasteiger partial charge in [0, 0.05) is 24.0 Å². The minimum atomic E-state index is -1.18. The summed E-state index contributed by atoms with van der Waals surface area (Å²) in [4.78, 5) is 24.0. The van der Waals surface area contributed by atoms with Gasteiger partial charge < -0.3 is 9.47 Å². The largest absolute Gasteiger partial charge is 0.419 e. The summed E-state index contributed by atoms with van der Waals surface area (Å²) in [6.07, 6.45) is 8.48. The first-order valence-electron chi connectivity index (χ1n) is 8.14. The highest BCUT2D eigenvalue weighted by Crippen LogP contribution is 2.31. The molecule has 0 spiro atoms. The highest BCUT2D eigenvalue weighted by molar-refractivity contribution is 5.89. The molecule has 1 aliphatic carbocycles. The molecule has 0 saturated heterocycles. The van der Waals surface area contributed by atoms with Crippen molar-refractivity contribution < 1.29 is 19.1 Å². The Labute approximate surface area is 133 Å². The van der Waals surface area contributed by atoms with E-state index in [-0.39, 0.29) is 0 Å². The van der Waals surface area contributed by atoms with Crippen LogP contribution in [0.25, 0.3) is 0 Å². The molecule has 0 aliphatic heterocycles. The van der Waals surface area contributed by atoms with Crippen LogP contribution in [-0.4, -0.2) is 17.7 Å². The number of hydrogen-bond acceptors (Lipinski definition) is 4. The molecule has 22 heavy (non-hydrogen) atoms. The average Bonchev–Trinajstić information content (AvgIpc) is 2.45. The summed E-state index contributed by atoms with van der Waals surface area (Å²) in [7, 11) is 0. The lowest BCUT2D eigenvalue weighted by molar-refractivity contribution is -0.229. The van der Waals surface area contributed by atoms with Crippen molar-refractivity contribution in [2.24, 2.45) is 0 Å². The van der Waals surface area contributed by atoms with Crippen molar-refractivity contribution in [1.29, 1.82) is 0 Å². The third-order valence-corrected chi connectivity index (χ3v) is 3.87. The minimum absolute atomic E-state index is 0.308. The summed E-state index contributed by atoms with van der Waals surface area (Å²) >= 11 is 0. The molecule has 0 bridgehead atoms. The van der Waals surface area contributed by atoms with Crippen LogP contribution in [0.15, 0.2) is 24.3 Å². The zero-order valence-electron chi connectivity index (χ0n) is 13.9. The lowest BCUT2D eigenvalue weighted by atomic mass is 9.96. The molecular weight excluding hydrogens is 280 g/mol. The SMILES string of the molecule is C=C(C)C(=O)OC1(OC(=O)C(=C)C)CCCCCCCCC1. The Hall–Kier alpha value is -1.58. The molecule has 0 N–H and O–H groups in total. The number of ether oxygens (including phenoxy) is 2. The van der Waals surface area contributed by atoms with Gasteiger partial charge in [-0.3, -0.25) is 0 Å². The van der Waals surface area contributed by atoms with Crippen LogP contribution in [0.4, 0.5) is 0 Å². The topological polar surface area (TPSA) is 52.6 Å². The van der Waals surface area contributed by atoms with E-state index in [4.69, 9.17) is 9.47 Å². The summed E-state index contributed by atoms with van der Waals surface area (Å²) < 4.78 is 11.1. The van der Waals surface area contributed by atoms with Gasteiger partial charge in [-0.15, -0.1) is 0 Å². The van der Waals surface area contributed by atoms with Crippen molar-refractivity contribution in [3.8, 4) is 0 Å². The Balaban J connectivity index is 2.93. The molecule has 0 aromatic heterocycles. The number of hydrogen-bond donors (Lipinski definition) is 0. The number of esters is 2. The van der Waals surface area contributed by atoms with Gasteiger partial charge in [-0.25, -0.2) is 9.59 Å². The van der Waals surface area contributed by atoms with Crippen molar-refractivity contribution >= 4 is 11.9 Å². The molecule has 1 rings (SSSR count). The highest BCUT2D eigenvalue weighted by Gasteiger charge is 2.38. The fourth-order valence-corrected chi connectivity index (χ4v) is 2.53. The van der Waals surface area contributed by atoms with Crippen molar-refractivity contribution in [2.75, 3.05) is 0 Å². The summed E-state index contributed by atoms with van der Waals surface area (Å²) in [5.74, 6) is -2.19. The molecular formula is C18H28O4. The van der Waals surface area contributed by atoms with Gasteiger partial charge in [0.2, 0.25) is 0 Å². The Morgan fingerprint density at radius 2 is 1.05 bits per heavy atom. The predicted octanol–water partition coefficient (Wildman–Crippen LogP) is 4.45. The first-order chi connectivity index (χ1) is 10.4. The van der Waals surface area contributed by atoms with Crippen LogP contribution in [0, 0.1) is 0 Å². The predicted molar refractivity (Wildman–Crippen MR) is 86.1 cm³/mol. The first-order valence-corrected chi connectivity index (χ1v) is 8.14. The van der Waals surface area contributed by atoms with E-state index in [0.29, 0.717) is 24.0 Å². The Kier molecular flexibility index (Phi) is 7.36. The van der Waals surface area contributed by atoms with Gasteiger partial charge in [-0.05, 0) is 26.7 Å². The molecule has 0 aromatic carbocycles. The molecule has 124 valence electrons. The third kappa shape index (κ3) is 6.04. The van der Waals surface area contributed by atoms with Crippen molar-refractivity contribution in [1.82, 2.24) is 0 Å². The maximum absolute atomic E-state index is 12.0.